The van der Waals surface area contributed by atoms with Crippen molar-refractivity contribution in [2.45, 2.75) is 37.8 Å². The SMILES string of the molecule is O=C(N[C@H]1CCC[C@@H](n2c(-c3ccccc3F)nc3cnc(-c4ncn[nH]4)cc32)C1)c1cc(Cl)cc2ccoc12. The van der Waals surface area contributed by atoms with Crippen LogP contribution in [0.5, 0.6) is 0 Å². The smallest absolute Gasteiger partial charge is 0.255 e. The van der Waals surface area contributed by atoms with Gasteiger partial charge in [0, 0.05) is 22.5 Å². The molecule has 0 saturated heterocycles. The van der Waals surface area contributed by atoms with Gasteiger partial charge in [0.05, 0.1) is 29.1 Å². The molecule has 9 nitrogen and oxygen atoms in total. The van der Waals surface area contributed by atoms with Crippen LogP contribution in [0.25, 0.3) is 44.9 Å². The van der Waals surface area contributed by atoms with Crippen LogP contribution in [0.2, 0.25) is 5.02 Å². The Kier molecular flexibility index (Phi) is 6.04. The van der Waals surface area contributed by atoms with E-state index in [1.165, 1.54) is 12.4 Å². The Morgan fingerprint density at radius 2 is 2.05 bits per heavy atom. The second kappa shape index (κ2) is 9.87. The van der Waals surface area contributed by atoms with Crippen LogP contribution >= 0.6 is 11.6 Å². The van der Waals surface area contributed by atoms with E-state index in [0.29, 0.717) is 51.0 Å². The van der Waals surface area contributed by atoms with Crippen LogP contribution in [0.15, 0.2) is 71.7 Å². The van der Waals surface area contributed by atoms with Crippen molar-refractivity contribution >= 4 is 39.5 Å². The average molecular weight is 556 g/mol. The van der Waals surface area contributed by atoms with Gasteiger partial charge in [0.25, 0.3) is 5.91 Å². The zero-order valence-corrected chi connectivity index (χ0v) is 21.9. The summed E-state index contributed by atoms with van der Waals surface area (Å²) in [5, 5.41) is 11.2. The number of carbonyl (C=O) groups is 1. The van der Waals surface area contributed by atoms with Gasteiger partial charge in [-0.25, -0.2) is 14.4 Å². The van der Waals surface area contributed by atoms with E-state index >= 15 is 4.39 Å². The molecule has 1 aliphatic carbocycles. The summed E-state index contributed by atoms with van der Waals surface area (Å²) in [6.45, 7) is 0. The minimum absolute atomic E-state index is 0.0494. The van der Waals surface area contributed by atoms with Crippen molar-refractivity contribution in [1.82, 2.24) is 35.0 Å². The maximum atomic E-state index is 15.1. The number of benzene rings is 2. The standard InChI is InChI=1S/C29H23ClFN7O2/c30-17-10-16-8-9-40-26(16)21(11-17)29(39)35-18-4-3-5-19(12-18)38-25-13-23(27-33-15-34-37-27)32-14-24(25)36-28(38)20-6-1-2-7-22(20)31/h1-2,6-11,13-15,18-19H,3-5,12H2,(H,35,39)(H,33,34,37)/t18-,19+/m0/s1. The average Bonchev–Trinajstić information content (AvgIpc) is 3.72. The lowest BCUT2D eigenvalue weighted by molar-refractivity contribution is 0.0922. The number of pyridine rings is 1. The predicted molar refractivity (Wildman–Crippen MR) is 148 cm³/mol. The van der Waals surface area contributed by atoms with E-state index in [4.69, 9.17) is 21.0 Å². The van der Waals surface area contributed by atoms with Gasteiger partial charge >= 0.3 is 0 Å². The molecule has 7 rings (SSSR count). The van der Waals surface area contributed by atoms with Gasteiger partial charge < -0.3 is 14.3 Å². The van der Waals surface area contributed by atoms with Gasteiger partial charge in [-0.05, 0) is 62.1 Å². The number of hydrogen-bond donors (Lipinski definition) is 2. The molecule has 0 spiro atoms. The summed E-state index contributed by atoms with van der Waals surface area (Å²) in [6, 6.07) is 13.5. The number of halogens is 2. The first-order chi connectivity index (χ1) is 19.5. The number of hydrogen-bond acceptors (Lipinski definition) is 6. The van der Waals surface area contributed by atoms with Crippen LogP contribution in [-0.4, -0.2) is 41.7 Å². The fourth-order valence-electron chi connectivity index (χ4n) is 5.67. The van der Waals surface area contributed by atoms with Crippen molar-refractivity contribution in [2.24, 2.45) is 0 Å². The van der Waals surface area contributed by atoms with E-state index in [2.05, 4.69) is 30.0 Å². The molecule has 0 bridgehead atoms. The van der Waals surface area contributed by atoms with Gasteiger partial charge in [-0.15, -0.1) is 0 Å². The molecule has 200 valence electrons. The number of imidazole rings is 1. The van der Waals surface area contributed by atoms with Gasteiger partial charge in [-0.3, -0.25) is 14.9 Å². The lowest BCUT2D eigenvalue weighted by Crippen LogP contribution is -2.39. The van der Waals surface area contributed by atoms with Crippen molar-refractivity contribution < 1.29 is 13.6 Å². The van der Waals surface area contributed by atoms with Gasteiger partial charge in [0.1, 0.15) is 34.8 Å². The van der Waals surface area contributed by atoms with Crippen molar-refractivity contribution in [2.75, 3.05) is 0 Å². The summed E-state index contributed by atoms with van der Waals surface area (Å²) in [5.41, 5.74) is 3.37. The maximum Gasteiger partial charge on any atom is 0.255 e. The third kappa shape index (κ3) is 4.30. The number of rotatable bonds is 5. The number of aromatic nitrogens is 6. The highest BCUT2D eigenvalue weighted by Gasteiger charge is 2.30. The normalized spacial score (nSPS) is 17.4. The lowest BCUT2D eigenvalue weighted by Gasteiger charge is -2.32. The quantitative estimate of drug-likeness (QED) is 0.257. The number of H-pyrrole nitrogens is 1. The van der Waals surface area contributed by atoms with Crippen LogP contribution in [0.1, 0.15) is 42.1 Å². The Balaban J connectivity index is 1.26. The van der Waals surface area contributed by atoms with Crippen LogP contribution in [0.4, 0.5) is 4.39 Å². The van der Waals surface area contributed by atoms with E-state index in [0.717, 1.165) is 30.2 Å². The van der Waals surface area contributed by atoms with Gasteiger partial charge in [0.2, 0.25) is 0 Å². The van der Waals surface area contributed by atoms with E-state index in [1.54, 1.807) is 48.9 Å². The molecule has 1 amide bonds. The number of aromatic amines is 1. The topological polar surface area (TPSA) is 115 Å². The molecule has 1 saturated carbocycles. The fraction of sp³-hybridized carbons (Fsp3) is 0.207. The number of nitrogens with one attached hydrogen (secondary N) is 2. The Bertz CT molecular complexity index is 1860. The number of fused-ring (bicyclic) bond motifs is 2. The molecule has 0 unspecified atom stereocenters. The minimum atomic E-state index is -0.355. The summed E-state index contributed by atoms with van der Waals surface area (Å²) in [4.78, 5) is 26.9. The number of nitrogens with zero attached hydrogens (tertiary/aromatic N) is 5. The molecule has 6 aromatic rings. The highest BCUT2D eigenvalue weighted by molar-refractivity contribution is 6.32. The second-order valence-corrected chi connectivity index (χ2v) is 10.4. The van der Waals surface area contributed by atoms with Crippen molar-refractivity contribution in [3.8, 4) is 22.9 Å². The molecule has 0 aliphatic heterocycles. The van der Waals surface area contributed by atoms with Crippen LogP contribution < -0.4 is 5.32 Å². The second-order valence-electron chi connectivity index (χ2n) is 9.96. The lowest BCUT2D eigenvalue weighted by atomic mass is 9.90. The summed E-state index contributed by atoms with van der Waals surface area (Å²) < 4.78 is 22.7. The Labute approximate surface area is 232 Å². The number of carbonyl (C=O) groups excluding carboxylic acids is 1. The van der Waals surface area contributed by atoms with Gasteiger partial charge in [-0.2, -0.15) is 5.10 Å². The van der Waals surface area contributed by atoms with Gasteiger partial charge in [0.15, 0.2) is 5.82 Å². The Hall–Kier alpha value is -4.57. The van der Waals surface area contributed by atoms with E-state index in [-0.39, 0.29) is 23.8 Å². The predicted octanol–water partition coefficient (Wildman–Crippen LogP) is 6.34. The van der Waals surface area contributed by atoms with Crippen LogP contribution in [0, 0.1) is 5.82 Å². The zero-order valence-electron chi connectivity index (χ0n) is 21.1. The molecule has 2 aromatic carbocycles. The molecule has 1 aliphatic rings. The molecule has 40 heavy (non-hydrogen) atoms. The summed E-state index contributed by atoms with van der Waals surface area (Å²) >= 11 is 6.27. The molecular formula is C29H23ClFN7O2. The first-order valence-corrected chi connectivity index (χ1v) is 13.4. The van der Waals surface area contributed by atoms with E-state index in [9.17, 15) is 4.79 Å². The van der Waals surface area contributed by atoms with E-state index in [1.807, 2.05) is 6.07 Å². The van der Waals surface area contributed by atoms with Gasteiger partial charge in [-0.1, -0.05) is 23.7 Å². The Morgan fingerprint density at radius 3 is 2.90 bits per heavy atom. The molecular weight excluding hydrogens is 533 g/mol. The maximum absolute atomic E-state index is 15.1. The van der Waals surface area contributed by atoms with Crippen LogP contribution in [-0.2, 0) is 0 Å². The third-order valence-electron chi connectivity index (χ3n) is 7.46. The number of furan rings is 1. The fourth-order valence-corrected chi connectivity index (χ4v) is 5.89. The molecule has 4 aromatic heterocycles. The van der Waals surface area contributed by atoms with Crippen molar-refractivity contribution in [3.05, 3.63) is 83.7 Å². The molecule has 11 heteroatoms. The molecule has 4 heterocycles. The number of amides is 1. The molecule has 2 atom stereocenters. The summed E-state index contributed by atoms with van der Waals surface area (Å²) in [5.74, 6) is 0.455. The Morgan fingerprint density at radius 1 is 1.15 bits per heavy atom. The third-order valence-corrected chi connectivity index (χ3v) is 7.67. The summed E-state index contributed by atoms with van der Waals surface area (Å²) in [6.07, 6.45) is 7.82. The first kappa shape index (κ1) is 24.5. The highest BCUT2D eigenvalue weighted by Crippen LogP contribution is 2.37. The summed E-state index contributed by atoms with van der Waals surface area (Å²) in [7, 11) is 0. The van der Waals surface area contributed by atoms with E-state index < -0.39 is 0 Å². The van der Waals surface area contributed by atoms with Crippen molar-refractivity contribution in [3.63, 3.8) is 0 Å². The highest BCUT2D eigenvalue weighted by atomic mass is 35.5. The molecule has 2 N–H and O–H groups in total. The first-order valence-electron chi connectivity index (χ1n) is 13.0. The monoisotopic (exact) mass is 555 g/mol. The zero-order chi connectivity index (χ0) is 27.2. The molecule has 0 radical (unpaired) electrons. The molecule has 1 fully saturated rings. The van der Waals surface area contributed by atoms with Crippen LogP contribution in [0.3, 0.4) is 0 Å². The largest absolute Gasteiger partial charge is 0.464 e. The van der Waals surface area contributed by atoms with Crippen molar-refractivity contribution in [1.29, 1.82) is 0 Å². The minimum Gasteiger partial charge on any atom is -0.464 e.